The molecule has 0 heterocycles. The van der Waals surface area contributed by atoms with Crippen molar-refractivity contribution in [3.05, 3.63) is 23.8 Å². The topological polar surface area (TPSA) is 131 Å². The molecule has 140 valence electrons. The number of carbonyl (C=O) groups is 2. The maximum Gasteiger partial charge on any atom is 0.334 e. The summed E-state index contributed by atoms with van der Waals surface area (Å²) in [5.74, 6) is -1.76. The monoisotopic (exact) mass is 374 g/mol. The third-order valence-corrected chi connectivity index (χ3v) is 4.79. The highest BCUT2D eigenvalue weighted by Gasteiger charge is 2.23. The van der Waals surface area contributed by atoms with Crippen LogP contribution in [0.2, 0.25) is 0 Å². The molecule has 0 aliphatic heterocycles. The van der Waals surface area contributed by atoms with E-state index in [1.54, 1.807) is 13.8 Å². The molecular formula is C15H22N2O7S. The van der Waals surface area contributed by atoms with Crippen LogP contribution in [-0.4, -0.2) is 58.3 Å². The Bertz CT molecular complexity index is 731. The minimum absolute atomic E-state index is 0.0465. The van der Waals surface area contributed by atoms with Crippen molar-refractivity contribution in [2.24, 2.45) is 0 Å². The number of amides is 1. The average Bonchev–Trinajstić information content (AvgIpc) is 2.53. The highest BCUT2D eigenvalue weighted by Crippen LogP contribution is 2.25. The summed E-state index contributed by atoms with van der Waals surface area (Å²) >= 11 is 0. The van der Waals surface area contributed by atoms with E-state index in [4.69, 9.17) is 14.6 Å². The van der Waals surface area contributed by atoms with Gasteiger partial charge in [-0.15, -0.1) is 0 Å². The molecule has 10 heteroatoms. The van der Waals surface area contributed by atoms with Crippen molar-refractivity contribution in [1.29, 1.82) is 0 Å². The van der Waals surface area contributed by atoms with E-state index in [0.717, 1.165) is 0 Å². The molecule has 0 bridgehead atoms. The van der Waals surface area contributed by atoms with E-state index in [1.807, 2.05) is 0 Å². The number of carboxylic acids is 1. The van der Waals surface area contributed by atoms with Crippen LogP contribution in [0.5, 0.6) is 5.75 Å². The number of hydrogen-bond donors (Lipinski definition) is 3. The van der Waals surface area contributed by atoms with Gasteiger partial charge < -0.3 is 19.9 Å². The Morgan fingerprint density at radius 2 is 1.88 bits per heavy atom. The van der Waals surface area contributed by atoms with Gasteiger partial charge in [0.1, 0.15) is 10.6 Å². The summed E-state index contributed by atoms with van der Waals surface area (Å²) < 4.78 is 36.9. The van der Waals surface area contributed by atoms with Gasteiger partial charge in [0.15, 0.2) is 6.10 Å². The molecule has 0 aliphatic rings. The minimum atomic E-state index is -3.88. The van der Waals surface area contributed by atoms with Crippen LogP contribution in [-0.2, 0) is 19.6 Å². The summed E-state index contributed by atoms with van der Waals surface area (Å²) in [4.78, 5) is 22.9. The first-order valence-electron chi connectivity index (χ1n) is 7.36. The predicted molar refractivity (Wildman–Crippen MR) is 89.2 cm³/mol. The van der Waals surface area contributed by atoms with Crippen molar-refractivity contribution >= 4 is 21.9 Å². The molecule has 0 saturated carbocycles. The number of carboxylic acid groups (broad SMARTS) is 1. The standard InChI is InChI=1S/C15H22N2O7S/c1-9(2)17-25(21,22)13-7-10(5-6-11(13)23-3)14(18)16-8-12(24-4)15(19)20/h5-7,9,12,17H,8H2,1-4H3,(H,16,18)(H,19,20). The predicted octanol–water partition coefficient (Wildman–Crippen LogP) is 0.211. The largest absolute Gasteiger partial charge is 0.495 e. The molecule has 25 heavy (non-hydrogen) atoms. The van der Waals surface area contributed by atoms with Gasteiger partial charge >= 0.3 is 5.97 Å². The van der Waals surface area contributed by atoms with Crippen molar-refractivity contribution in [1.82, 2.24) is 10.0 Å². The Balaban J connectivity index is 3.08. The molecule has 1 aromatic rings. The number of methoxy groups -OCH3 is 2. The zero-order valence-electron chi connectivity index (χ0n) is 14.4. The number of benzene rings is 1. The van der Waals surface area contributed by atoms with Crippen LogP contribution in [0.15, 0.2) is 23.1 Å². The van der Waals surface area contributed by atoms with Crippen LogP contribution >= 0.6 is 0 Å². The quantitative estimate of drug-likeness (QED) is 0.563. The van der Waals surface area contributed by atoms with E-state index in [9.17, 15) is 18.0 Å². The second kappa shape index (κ2) is 8.79. The average molecular weight is 374 g/mol. The first-order chi connectivity index (χ1) is 11.6. The molecule has 0 saturated heterocycles. The van der Waals surface area contributed by atoms with E-state index in [1.165, 1.54) is 32.4 Å². The maximum atomic E-state index is 12.4. The van der Waals surface area contributed by atoms with Crippen molar-refractivity contribution in [2.75, 3.05) is 20.8 Å². The zero-order valence-corrected chi connectivity index (χ0v) is 15.2. The van der Waals surface area contributed by atoms with Crippen LogP contribution in [0.4, 0.5) is 0 Å². The van der Waals surface area contributed by atoms with Gasteiger partial charge in [-0.1, -0.05) is 0 Å². The molecule has 9 nitrogen and oxygen atoms in total. The molecule has 0 aromatic heterocycles. The summed E-state index contributed by atoms with van der Waals surface area (Å²) in [6.45, 7) is 3.07. The SMILES string of the molecule is COc1ccc(C(=O)NCC(OC)C(=O)O)cc1S(=O)(=O)NC(C)C. The fraction of sp³-hybridized carbons (Fsp3) is 0.467. The van der Waals surface area contributed by atoms with E-state index in [-0.39, 0.29) is 28.8 Å². The van der Waals surface area contributed by atoms with Gasteiger partial charge in [0.05, 0.1) is 13.7 Å². The first kappa shape index (κ1) is 20.9. The van der Waals surface area contributed by atoms with Crippen LogP contribution in [0.25, 0.3) is 0 Å². The highest BCUT2D eigenvalue weighted by atomic mass is 32.2. The van der Waals surface area contributed by atoms with Crippen molar-refractivity contribution in [3.63, 3.8) is 0 Å². The zero-order chi connectivity index (χ0) is 19.2. The summed E-state index contributed by atoms with van der Waals surface area (Å²) in [5, 5.41) is 11.3. The number of sulfonamides is 1. The lowest BCUT2D eigenvalue weighted by molar-refractivity contribution is -0.148. The first-order valence-corrected chi connectivity index (χ1v) is 8.84. The Kier molecular flexibility index (Phi) is 7.34. The van der Waals surface area contributed by atoms with Gasteiger partial charge in [-0.2, -0.15) is 0 Å². The molecular weight excluding hydrogens is 352 g/mol. The number of aliphatic carboxylic acids is 1. The van der Waals surface area contributed by atoms with Gasteiger partial charge in [-0.3, -0.25) is 4.79 Å². The van der Waals surface area contributed by atoms with Crippen LogP contribution in [0.1, 0.15) is 24.2 Å². The van der Waals surface area contributed by atoms with Gasteiger partial charge in [-0.25, -0.2) is 17.9 Å². The number of carbonyl (C=O) groups excluding carboxylic acids is 1. The smallest absolute Gasteiger partial charge is 0.334 e. The normalized spacial score (nSPS) is 12.7. The maximum absolute atomic E-state index is 12.4. The third kappa shape index (κ3) is 5.69. The molecule has 0 fully saturated rings. The summed E-state index contributed by atoms with van der Waals surface area (Å²) in [5.41, 5.74) is 0.0465. The third-order valence-electron chi connectivity index (χ3n) is 3.11. The fourth-order valence-corrected chi connectivity index (χ4v) is 3.41. The van der Waals surface area contributed by atoms with Gasteiger partial charge in [0, 0.05) is 18.7 Å². The molecule has 1 rings (SSSR count). The van der Waals surface area contributed by atoms with Gasteiger partial charge in [0.25, 0.3) is 5.91 Å². The highest BCUT2D eigenvalue weighted by molar-refractivity contribution is 7.89. The molecule has 0 radical (unpaired) electrons. The number of hydrogen-bond acceptors (Lipinski definition) is 6. The van der Waals surface area contributed by atoms with E-state index >= 15 is 0 Å². The van der Waals surface area contributed by atoms with E-state index < -0.39 is 28.0 Å². The lowest BCUT2D eigenvalue weighted by Crippen LogP contribution is -2.38. The Labute approximate surface area is 146 Å². The summed E-state index contributed by atoms with van der Waals surface area (Å²) in [6, 6.07) is 3.56. The molecule has 0 spiro atoms. The Morgan fingerprint density at radius 3 is 2.36 bits per heavy atom. The lowest BCUT2D eigenvalue weighted by Gasteiger charge is -2.15. The Morgan fingerprint density at radius 1 is 1.24 bits per heavy atom. The summed E-state index contributed by atoms with van der Waals surface area (Å²) in [7, 11) is -1.35. The summed E-state index contributed by atoms with van der Waals surface area (Å²) in [6.07, 6.45) is -1.20. The Hall–Kier alpha value is -2.17. The lowest BCUT2D eigenvalue weighted by atomic mass is 10.2. The second-order valence-electron chi connectivity index (χ2n) is 5.41. The van der Waals surface area contributed by atoms with Crippen molar-refractivity contribution in [3.8, 4) is 5.75 Å². The second-order valence-corrected chi connectivity index (χ2v) is 7.10. The minimum Gasteiger partial charge on any atom is -0.495 e. The van der Waals surface area contributed by atoms with Gasteiger partial charge in [-0.05, 0) is 32.0 Å². The van der Waals surface area contributed by atoms with E-state index in [2.05, 4.69) is 10.0 Å². The number of rotatable bonds is 9. The number of nitrogens with one attached hydrogen (secondary N) is 2. The molecule has 3 N–H and O–H groups in total. The number of ether oxygens (including phenoxy) is 2. The molecule has 1 aromatic carbocycles. The molecule has 0 aliphatic carbocycles. The van der Waals surface area contributed by atoms with Crippen molar-refractivity contribution < 1.29 is 32.6 Å². The molecule has 1 unspecified atom stereocenters. The molecule has 1 amide bonds. The van der Waals surface area contributed by atoms with Gasteiger partial charge in [0.2, 0.25) is 10.0 Å². The van der Waals surface area contributed by atoms with Crippen LogP contribution in [0, 0.1) is 0 Å². The van der Waals surface area contributed by atoms with Crippen LogP contribution < -0.4 is 14.8 Å². The molecule has 1 atom stereocenters. The van der Waals surface area contributed by atoms with Crippen LogP contribution in [0.3, 0.4) is 0 Å². The van der Waals surface area contributed by atoms with Crippen molar-refractivity contribution in [2.45, 2.75) is 30.9 Å². The fourth-order valence-electron chi connectivity index (χ4n) is 1.96. The van der Waals surface area contributed by atoms with E-state index in [0.29, 0.717) is 0 Å².